The summed E-state index contributed by atoms with van der Waals surface area (Å²) in [6.45, 7) is 2.30. The minimum Gasteiger partial charge on any atom is -0.493 e. The van der Waals surface area contributed by atoms with E-state index < -0.39 is 5.91 Å². The van der Waals surface area contributed by atoms with Crippen LogP contribution in [0.4, 0.5) is 5.69 Å². The van der Waals surface area contributed by atoms with E-state index in [1.165, 1.54) is 0 Å². The smallest absolute Gasteiger partial charge is 0.248 e. The van der Waals surface area contributed by atoms with E-state index in [2.05, 4.69) is 5.32 Å². The molecular weight excluding hydrogens is 280 g/mol. The van der Waals surface area contributed by atoms with Crippen molar-refractivity contribution >= 4 is 17.5 Å². The first-order valence-electron chi connectivity index (χ1n) is 6.94. The number of rotatable bonds is 6. The second-order valence-corrected chi connectivity index (χ2v) is 4.90. The number of anilines is 1. The van der Waals surface area contributed by atoms with Crippen molar-refractivity contribution in [3.8, 4) is 5.75 Å². The largest absolute Gasteiger partial charge is 0.493 e. The van der Waals surface area contributed by atoms with Crippen LogP contribution >= 0.6 is 0 Å². The van der Waals surface area contributed by atoms with E-state index in [0.29, 0.717) is 17.9 Å². The number of carbonyl (C=O) groups is 2. The second kappa shape index (κ2) is 7.26. The van der Waals surface area contributed by atoms with Gasteiger partial charge in [0.25, 0.3) is 0 Å². The van der Waals surface area contributed by atoms with Gasteiger partial charge < -0.3 is 15.8 Å². The summed E-state index contributed by atoms with van der Waals surface area (Å²) in [6, 6.07) is 14.1. The zero-order valence-corrected chi connectivity index (χ0v) is 12.3. The number of carbonyl (C=O) groups excluding carboxylic acids is 2. The van der Waals surface area contributed by atoms with E-state index in [1.807, 2.05) is 31.2 Å². The lowest BCUT2D eigenvalue weighted by atomic mass is 10.2. The van der Waals surface area contributed by atoms with Crippen molar-refractivity contribution in [3.63, 3.8) is 0 Å². The third kappa shape index (κ3) is 4.63. The van der Waals surface area contributed by atoms with E-state index >= 15 is 0 Å². The summed E-state index contributed by atoms with van der Waals surface area (Å²) in [5.41, 5.74) is 7.33. The molecule has 0 aliphatic heterocycles. The molecule has 0 aliphatic rings. The number of benzene rings is 2. The Kier molecular flexibility index (Phi) is 5.14. The fourth-order valence-electron chi connectivity index (χ4n) is 1.84. The summed E-state index contributed by atoms with van der Waals surface area (Å²) in [7, 11) is 0. The Morgan fingerprint density at radius 3 is 2.27 bits per heavy atom. The number of nitrogens with two attached hydrogens (primary N) is 1. The molecule has 114 valence electrons. The Labute approximate surface area is 129 Å². The lowest BCUT2D eigenvalue weighted by Crippen LogP contribution is -2.15. The Hall–Kier alpha value is -2.82. The van der Waals surface area contributed by atoms with E-state index in [9.17, 15) is 9.59 Å². The molecule has 0 heterocycles. The normalized spacial score (nSPS) is 10.0. The molecule has 0 fully saturated rings. The topological polar surface area (TPSA) is 81.4 Å². The average molecular weight is 298 g/mol. The fraction of sp³-hybridized carbons (Fsp3) is 0.176. The van der Waals surface area contributed by atoms with Crippen molar-refractivity contribution in [2.75, 3.05) is 11.9 Å². The molecule has 0 unspecified atom stereocenters. The maximum absolute atomic E-state index is 11.8. The van der Waals surface area contributed by atoms with Gasteiger partial charge in [0.1, 0.15) is 5.75 Å². The quantitative estimate of drug-likeness (QED) is 0.859. The van der Waals surface area contributed by atoms with Crippen LogP contribution in [0.25, 0.3) is 0 Å². The first-order chi connectivity index (χ1) is 10.5. The SMILES string of the molecule is Cc1ccc(OCCC(=O)Nc2ccc(C(N)=O)cc2)cc1. The molecule has 0 atom stereocenters. The number of hydrogen-bond acceptors (Lipinski definition) is 3. The Morgan fingerprint density at radius 2 is 1.68 bits per heavy atom. The van der Waals surface area contributed by atoms with Crippen LogP contribution in [0.15, 0.2) is 48.5 Å². The van der Waals surface area contributed by atoms with Crippen LogP contribution in [-0.2, 0) is 4.79 Å². The predicted octanol–water partition coefficient (Wildman–Crippen LogP) is 2.50. The third-order valence-electron chi connectivity index (χ3n) is 3.07. The van der Waals surface area contributed by atoms with Crippen LogP contribution in [0.2, 0.25) is 0 Å². The Bertz CT molecular complexity index is 649. The van der Waals surface area contributed by atoms with Gasteiger partial charge in [-0.2, -0.15) is 0 Å². The highest BCUT2D eigenvalue weighted by Gasteiger charge is 2.04. The van der Waals surface area contributed by atoms with E-state index in [4.69, 9.17) is 10.5 Å². The monoisotopic (exact) mass is 298 g/mol. The summed E-state index contributed by atoms with van der Waals surface area (Å²) in [6.07, 6.45) is 0.242. The van der Waals surface area contributed by atoms with E-state index in [1.54, 1.807) is 24.3 Å². The average Bonchev–Trinajstić information content (AvgIpc) is 2.50. The predicted molar refractivity (Wildman–Crippen MR) is 84.9 cm³/mol. The van der Waals surface area contributed by atoms with E-state index in [-0.39, 0.29) is 12.3 Å². The van der Waals surface area contributed by atoms with Crippen molar-refractivity contribution in [1.82, 2.24) is 0 Å². The van der Waals surface area contributed by atoms with Crippen LogP contribution in [-0.4, -0.2) is 18.4 Å². The van der Waals surface area contributed by atoms with Crippen LogP contribution in [0.3, 0.4) is 0 Å². The highest BCUT2D eigenvalue weighted by atomic mass is 16.5. The van der Waals surface area contributed by atoms with Gasteiger partial charge in [0.2, 0.25) is 11.8 Å². The minimum absolute atomic E-state index is 0.154. The second-order valence-electron chi connectivity index (χ2n) is 4.90. The van der Waals surface area contributed by atoms with Crippen molar-refractivity contribution in [1.29, 1.82) is 0 Å². The van der Waals surface area contributed by atoms with Crippen LogP contribution in [0.1, 0.15) is 22.3 Å². The van der Waals surface area contributed by atoms with Crippen molar-refractivity contribution in [2.45, 2.75) is 13.3 Å². The van der Waals surface area contributed by atoms with Crippen LogP contribution < -0.4 is 15.8 Å². The third-order valence-corrected chi connectivity index (χ3v) is 3.07. The van der Waals surface area contributed by atoms with E-state index in [0.717, 1.165) is 11.3 Å². The molecule has 0 aromatic heterocycles. The molecule has 5 nitrogen and oxygen atoms in total. The molecule has 2 aromatic rings. The van der Waals surface area contributed by atoms with Gasteiger partial charge in [-0.05, 0) is 43.3 Å². The summed E-state index contributed by atoms with van der Waals surface area (Å²) in [5.74, 6) is 0.0903. The van der Waals surface area contributed by atoms with Crippen LogP contribution in [0.5, 0.6) is 5.75 Å². The fourth-order valence-corrected chi connectivity index (χ4v) is 1.84. The summed E-state index contributed by atoms with van der Waals surface area (Å²) >= 11 is 0. The first-order valence-corrected chi connectivity index (χ1v) is 6.94. The summed E-state index contributed by atoms with van der Waals surface area (Å²) in [5, 5.41) is 2.73. The number of ether oxygens (including phenoxy) is 1. The van der Waals surface area contributed by atoms with Crippen molar-refractivity contribution in [2.24, 2.45) is 5.73 Å². The zero-order valence-electron chi connectivity index (χ0n) is 12.3. The number of primary amides is 1. The van der Waals surface area contributed by atoms with Gasteiger partial charge in [0.05, 0.1) is 13.0 Å². The van der Waals surface area contributed by atoms with Gasteiger partial charge in [0, 0.05) is 11.3 Å². The molecule has 0 spiro atoms. The molecule has 0 aliphatic carbocycles. The number of aryl methyl sites for hydroxylation is 1. The lowest BCUT2D eigenvalue weighted by Gasteiger charge is -2.08. The molecule has 2 aromatic carbocycles. The van der Waals surface area contributed by atoms with Gasteiger partial charge in [-0.15, -0.1) is 0 Å². The maximum Gasteiger partial charge on any atom is 0.248 e. The number of amides is 2. The summed E-state index contributed by atoms with van der Waals surface area (Å²) < 4.78 is 5.50. The summed E-state index contributed by atoms with van der Waals surface area (Å²) in [4.78, 5) is 22.7. The van der Waals surface area contributed by atoms with Gasteiger partial charge in [-0.25, -0.2) is 0 Å². The molecule has 0 radical (unpaired) electrons. The molecule has 2 rings (SSSR count). The molecule has 0 bridgehead atoms. The molecule has 3 N–H and O–H groups in total. The van der Waals surface area contributed by atoms with Gasteiger partial charge in [-0.1, -0.05) is 17.7 Å². The van der Waals surface area contributed by atoms with Gasteiger partial charge in [0.15, 0.2) is 0 Å². The molecule has 2 amide bonds. The highest BCUT2D eigenvalue weighted by molar-refractivity contribution is 5.94. The zero-order chi connectivity index (χ0) is 15.9. The standard InChI is InChI=1S/C17H18N2O3/c1-12-2-8-15(9-3-12)22-11-10-16(20)19-14-6-4-13(5-7-14)17(18)21/h2-9H,10-11H2,1H3,(H2,18,21)(H,19,20). The van der Waals surface area contributed by atoms with Crippen molar-refractivity contribution in [3.05, 3.63) is 59.7 Å². The number of nitrogens with one attached hydrogen (secondary N) is 1. The lowest BCUT2D eigenvalue weighted by molar-refractivity contribution is -0.116. The molecule has 0 saturated heterocycles. The highest BCUT2D eigenvalue weighted by Crippen LogP contribution is 2.12. The molecule has 0 saturated carbocycles. The Balaban J connectivity index is 1.77. The minimum atomic E-state index is -0.496. The van der Waals surface area contributed by atoms with Gasteiger partial charge >= 0.3 is 0 Å². The van der Waals surface area contributed by atoms with Crippen LogP contribution in [0, 0.1) is 6.92 Å². The van der Waals surface area contributed by atoms with Gasteiger partial charge in [-0.3, -0.25) is 9.59 Å². The molecule has 5 heteroatoms. The number of hydrogen-bond donors (Lipinski definition) is 2. The molecular formula is C17H18N2O3. The first kappa shape index (κ1) is 15.6. The Morgan fingerprint density at radius 1 is 1.05 bits per heavy atom. The van der Waals surface area contributed by atoms with Crippen molar-refractivity contribution < 1.29 is 14.3 Å². The maximum atomic E-state index is 11.8. The molecule has 22 heavy (non-hydrogen) atoms.